The molecule has 5 heterocycles. The van der Waals surface area contributed by atoms with Crippen molar-refractivity contribution in [2.45, 2.75) is 96.1 Å². The van der Waals surface area contributed by atoms with E-state index < -0.39 is 36.8 Å². The summed E-state index contributed by atoms with van der Waals surface area (Å²) >= 11 is 6.47. The van der Waals surface area contributed by atoms with Gasteiger partial charge in [-0.15, -0.1) is 5.10 Å². The van der Waals surface area contributed by atoms with E-state index in [0.29, 0.717) is 84.0 Å². The summed E-state index contributed by atoms with van der Waals surface area (Å²) in [5.74, 6) is -0.549. The highest BCUT2D eigenvalue weighted by molar-refractivity contribution is 7.70. The van der Waals surface area contributed by atoms with Crippen molar-refractivity contribution in [3.63, 3.8) is 0 Å². The van der Waals surface area contributed by atoms with E-state index in [4.69, 9.17) is 16.3 Å². The van der Waals surface area contributed by atoms with Crippen molar-refractivity contribution in [3.05, 3.63) is 94.9 Å². The third kappa shape index (κ3) is 13.2. The number of rotatable bonds is 24. The van der Waals surface area contributed by atoms with Crippen molar-refractivity contribution in [1.29, 1.82) is 0 Å². The van der Waals surface area contributed by atoms with Crippen LogP contribution in [0.3, 0.4) is 0 Å². The molecule has 1 unspecified atom stereocenters. The van der Waals surface area contributed by atoms with Gasteiger partial charge >= 0.3 is 0 Å². The number of benzene rings is 3. The number of hydrogen-bond donors (Lipinski definition) is 4. The molecule has 21 heteroatoms. The molecule has 4 N–H and O–H groups in total. The molecule has 3 aliphatic rings. The first-order valence-electron chi connectivity index (χ1n) is 25.2. The zero-order valence-electron chi connectivity index (χ0n) is 41.7. The highest BCUT2D eigenvalue weighted by atomic mass is 35.5. The SMILES string of the molecule is COc1cc(N2CCN(C(=O)CCCCCc3cn(CCCCCCCCNc4cccc5c4C(=O)N(C4CCC(=O)NC4=O)C5=O)nn3)CC2)ccc1Nc1ncc(Cl)c(Nc2ccccc2P(C)(C)=O)n1. The van der Waals surface area contributed by atoms with Gasteiger partial charge in [-0.25, -0.2) is 4.98 Å². The van der Waals surface area contributed by atoms with Gasteiger partial charge in [0.2, 0.25) is 23.7 Å². The number of carbonyl (C=O) groups is 5. The number of unbranched alkanes of at least 4 members (excludes halogenated alkanes) is 7. The minimum atomic E-state index is -2.57. The number of anilines is 6. The predicted octanol–water partition coefficient (Wildman–Crippen LogP) is 7.77. The van der Waals surface area contributed by atoms with E-state index in [1.807, 2.05) is 58.2 Å². The second-order valence-electron chi connectivity index (χ2n) is 19.0. The first-order valence-corrected chi connectivity index (χ1v) is 28.1. The van der Waals surface area contributed by atoms with Crippen LogP contribution in [0.5, 0.6) is 5.75 Å². The number of halogens is 1. The number of piperidine rings is 1. The molecule has 386 valence electrons. The van der Waals surface area contributed by atoms with Crippen LogP contribution >= 0.6 is 18.7 Å². The van der Waals surface area contributed by atoms with Crippen molar-refractivity contribution in [3.8, 4) is 5.75 Å². The van der Waals surface area contributed by atoms with Crippen LogP contribution in [0.1, 0.15) is 103 Å². The number of ether oxygens (including phenoxy) is 1. The second-order valence-corrected chi connectivity index (χ2v) is 22.6. The molecule has 0 bridgehead atoms. The van der Waals surface area contributed by atoms with Crippen LogP contribution in [-0.4, -0.2) is 124 Å². The molecular weight excluding hydrogens is 971 g/mol. The number of hydrogen-bond acceptors (Lipinski definition) is 15. The van der Waals surface area contributed by atoms with Crippen molar-refractivity contribution in [1.82, 2.24) is 40.1 Å². The second kappa shape index (κ2) is 24.2. The van der Waals surface area contributed by atoms with E-state index in [0.717, 1.165) is 87.0 Å². The van der Waals surface area contributed by atoms with Crippen molar-refractivity contribution >= 4 is 88.1 Å². The number of aromatic nitrogens is 5. The van der Waals surface area contributed by atoms with Crippen LogP contribution in [0.25, 0.3) is 0 Å². The van der Waals surface area contributed by atoms with Gasteiger partial charge in [-0.05, 0) is 88.3 Å². The number of para-hydroxylation sites is 1. The monoisotopic (exact) mass is 1030 g/mol. The van der Waals surface area contributed by atoms with Crippen molar-refractivity contribution in [2.24, 2.45) is 0 Å². The predicted molar refractivity (Wildman–Crippen MR) is 282 cm³/mol. The van der Waals surface area contributed by atoms with E-state index >= 15 is 0 Å². The minimum absolute atomic E-state index is 0.0824. The molecule has 2 aromatic heterocycles. The number of nitrogens with zero attached hydrogens (tertiary/aromatic N) is 8. The first kappa shape index (κ1) is 52.5. The molecule has 0 spiro atoms. The molecule has 3 aromatic carbocycles. The molecule has 0 radical (unpaired) electrons. The molecule has 5 aromatic rings. The average molecular weight is 1040 g/mol. The van der Waals surface area contributed by atoms with Gasteiger partial charge in [0, 0.05) is 81.1 Å². The Morgan fingerprint density at radius 1 is 0.849 bits per heavy atom. The molecule has 1 atom stereocenters. The highest BCUT2D eigenvalue weighted by Gasteiger charge is 2.45. The molecule has 2 fully saturated rings. The Kier molecular flexibility index (Phi) is 17.4. The van der Waals surface area contributed by atoms with Gasteiger partial charge < -0.3 is 35.1 Å². The number of nitrogens with one attached hydrogen (secondary N) is 4. The van der Waals surface area contributed by atoms with Gasteiger partial charge in [0.05, 0.1) is 41.5 Å². The third-order valence-corrected chi connectivity index (χ3v) is 15.2. The normalized spacial score (nSPS) is 15.9. The van der Waals surface area contributed by atoms with Gasteiger partial charge in [-0.1, -0.05) is 67.1 Å². The molecule has 2 saturated heterocycles. The van der Waals surface area contributed by atoms with Crippen LogP contribution in [-0.2, 0) is 31.9 Å². The maximum Gasteiger partial charge on any atom is 0.264 e. The zero-order valence-corrected chi connectivity index (χ0v) is 43.4. The Balaban J connectivity index is 0.674. The molecular formula is C52H64ClN12O7P. The molecule has 5 amide bonds. The average Bonchev–Trinajstić information content (AvgIpc) is 3.94. The van der Waals surface area contributed by atoms with Gasteiger partial charge in [-0.2, -0.15) is 4.98 Å². The fraction of sp³-hybridized carbons (Fsp3) is 0.442. The van der Waals surface area contributed by atoms with Gasteiger partial charge in [0.1, 0.15) is 24.0 Å². The van der Waals surface area contributed by atoms with Gasteiger partial charge in [0.15, 0.2) is 5.82 Å². The molecule has 73 heavy (non-hydrogen) atoms. The number of fused-ring (bicyclic) bond motifs is 1. The Hall–Kier alpha value is -6.85. The Morgan fingerprint density at radius 3 is 2.38 bits per heavy atom. The summed E-state index contributed by atoms with van der Waals surface area (Å²) in [4.78, 5) is 77.8. The van der Waals surface area contributed by atoms with Crippen LogP contribution in [0, 0.1) is 0 Å². The topological polar surface area (TPSA) is 226 Å². The van der Waals surface area contributed by atoms with Gasteiger partial charge in [0.25, 0.3) is 11.8 Å². The fourth-order valence-electron chi connectivity index (χ4n) is 9.48. The molecule has 3 aliphatic heterocycles. The number of piperazine rings is 1. The number of methoxy groups -OCH3 is 1. The maximum atomic E-state index is 13.3. The lowest BCUT2D eigenvalue weighted by Gasteiger charge is -2.36. The smallest absolute Gasteiger partial charge is 0.264 e. The third-order valence-electron chi connectivity index (χ3n) is 13.4. The summed E-state index contributed by atoms with van der Waals surface area (Å²) < 4.78 is 20.6. The van der Waals surface area contributed by atoms with Crippen LogP contribution < -0.4 is 36.2 Å². The first-order chi connectivity index (χ1) is 35.3. The van der Waals surface area contributed by atoms with E-state index in [1.54, 1.807) is 38.6 Å². The molecule has 8 rings (SSSR count). The highest BCUT2D eigenvalue weighted by Crippen LogP contribution is 2.39. The number of aryl methyl sites for hydroxylation is 2. The Labute approximate surface area is 430 Å². The van der Waals surface area contributed by atoms with E-state index in [9.17, 15) is 28.5 Å². The standard InChI is InChI=1S/C52H64ClN12O7P/c1-72-43-32-36(22-23-39(43)57-52-55-33-38(53)48(59-52)56-40-18-11-12-20-44(40)73(2,3)71)62-28-30-63(31-29-62)46(67)21-10-8-9-16-35-34-64(61-60-35)27-14-7-5-4-6-13-26-54-41-19-15-17-37-47(41)51(70)65(50(37)69)42-24-25-45(66)58-49(42)68/h11-12,15,17-20,22-23,32-34,42,54H,4-10,13-14,16,21,24-31H2,1-3H3,(H,58,66,68)(H2,55,56,57,59). The quantitative estimate of drug-likeness (QED) is 0.0263. The summed E-state index contributed by atoms with van der Waals surface area (Å²) in [5, 5.41) is 21.8. The lowest BCUT2D eigenvalue weighted by atomic mass is 10.0. The molecule has 19 nitrogen and oxygen atoms in total. The Bertz CT molecular complexity index is 2870. The fourth-order valence-corrected chi connectivity index (χ4v) is 10.8. The molecule has 0 saturated carbocycles. The van der Waals surface area contributed by atoms with E-state index in [-0.39, 0.29) is 29.9 Å². The summed E-state index contributed by atoms with van der Waals surface area (Å²) in [6.07, 6.45) is 14.0. The van der Waals surface area contributed by atoms with Crippen LogP contribution in [0.4, 0.5) is 34.5 Å². The van der Waals surface area contributed by atoms with Crippen molar-refractivity contribution in [2.75, 3.05) is 74.0 Å². The van der Waals surface area contributed by atoms with Crippen LogP contribution in [0.2, 0.25) is 5.02 Å². The number of carbonyl (C=O) groups excluding carboxylic acids is 5. The zero-order chi connectivity index (χ0) is 51.5. The van der Waals surface area contributed by atoms with E-state index in [1.165, 1.54) is 6.20 Å². The minimum Gasteiger partial charge on any atom is -0.494 e. The lowest BCUT2D eigenvalue weighted by Crippen LogP contribution is -2.54. The lowest BCUT2D eigenvalue weighted by molar-refractivity contribution is -0.136. The number of imide groups is 2. The summed E-state index contributed by atoms with van der Waals surface area (Å²) in [7, 11) is -0.954. The Morgan fingerprint density at radius 2 is 1.60 bits per heavy atom. The summed E-state index contributed by atoms with van der Waals surface area (Å²) in [6, 6.07) is 17.4. The van der Waals surface area contributed by atoms with E-state index in [2.05, 4.69) is 46.4 Å². The summed E-state index contributed by atoms with van der Waals surface area (Å²) in [6.45, 7) is 7.61. The largest absolute Gasteiger partial charge is 0.494 e. The van der Waals surface area contributed by atoms with Gasteiger partial charge in [-0.3, -0.25) is 38.9 Å². The molecule has 0 aliphatic carbocycles. The summed E-state index contributed by atoms with van der Waals surface area (Å²) in [5.41, 5.74) is 4.44. The van der Waals surface area contributed by atoms with Crippen LogP contribution in [0.15, 0.2) is 73.1 Å². The maximum absolute atomic E-state index is 13.3. The number of amides is 5. The van der Waals surface area contributed by atoms with Crippen molar-refractivity contribution < 1.29 is 33.3 Å².